The largest absolute Gasteiger partial charge is 0.493 e. The highest BCUT2D eigenvalue weighted by molar-refractivity contribution is 7.22. The number of likely N-dealkylation sites (tertiary alicyclic amines) is 3. The number of halogens is 3. The van der Waals surface area contributed by atoms with Crippen molar-refractivity contribution in [1.82, 2.24) is 43.4 Å². The van der Waals surface area contributed by atoms with Gasteiger partial charge in [-0.2, -0.15) is 0 Å². The number of aliphatic hydroxyl groups excluding tert-OH is 3. The maximum atomic E-state index is 13.3. The second-order valence-electron chi connectivity index (χ2n) is 24.9. The molecule has 0 amide bonds. The van der Waals surface area contributed by atoms with E-state index in [0.29, 0.717) is 130 Å². The normalized spacial score (nSPS) is 16.2. The molecule has 0 unspecified atom stereocenters. The lowest BCUT2D eigenvalue weighted by Crippen LogP contribution is -2.27. The predicted molar refractivity (Wildman–Crippen MR) is 409 cm³/mol. The number of aliphatic hydroxyl groups is 3. The Balaban J connectivity index is 0.000000138. The Kier molecular flexibility index (Phi) is 23.5. The number of aromatic nitrogens is 6. The molecule has 12 aromatic rings. The Morgan fingerprint density at radius 1 is 0.398 bits per heavy atom. The van der Waals surface area contributed by atoms with Crippen molar-refractivity contribution in [3.05, 3.63) is 211 Å². The minimum atomic E-state index is -0.247. The van der Waals surface area contributed by atoms with Crippen molar-refractivity contribution in [1.29, 1.82) is 0 Å². The van der Waals surface area contributed by atoms with Gasteiger partial charge in [0.15, 0.2) is 34.5 Å². The molecule has 3 fully saturated rings. The summed E-state index contributed by atoms with van der Waals surface area (Å²) in [6.07, 6.45) is 7.21. The monoisotopic (exact) mass is 1510 g/mol. The van der Waals surface area contributed by atoms with Gasteiger partial charge in [0, 0.05) is 107 Å². The predicted octanol–water partition coefficient (Wildman–Crippen LogP) is 13.1. The van der Waals surface area contributed by atoms with Crippen molar-refractivity contribution < 1.29 is 43.7 Å². The maximum absolute atomic E-state index is 13.3. The molecular weight excluding hydrogens is 1430 g/mol. The summed E-state index contributed by atoms with van der Waals surface area (Å²) in [6.45, 7) is 8.64. The van der Waals surface area contributed by atoms with Crippen molar-refractivity contribution in [2.75, 3.05) is 100 Å². The van der Waals surface area contributed by atoms with Crippen molar-refractivity contribution in [2.45, 2.75) is 44.0 Å². The van der Waals surface area contributed by atoms with Crippen molar-refractivity contribution in [2.24, 2.45) is 0 Å². The number of β-amino-alcohol motifs (C(OH)–C–C–N with tert-alkyl or cyclic N) is 3. The molecule has 0 bridgehead atoms. The first-order valence-corrected chi connectivity index (χ1v) is 37.1. The van der Waals surface area contributed by atoms with E-state index in [1.54, 1.807) is 58.0 Å². The number of benzene rings is 6. The van der Waals surface area contributed by atoms with E-state index < -0.39 is 0 Å². The molecule has 3 saturated heterocycles. The summed E-state index contributed by atoms with van der Waals surface area (Å²) in [7, 11) is 4.73. The van der Waals surface area contributed by atoms with Crippen LogP contribution >= 0.6 is 68.8 Å². The van der Waals surface area contributed by atoms with Crippen LogP contribution in [0.15, 0.2) is 179 Å². The summed E-state index contributed by atoms with van der Waals surface area (Å²) < 4.78 is 40.7. The van der Waals surface area contributed by atoms with Gasteiger partial charge >= 0.3 is 0 Å². The number of nitrogens with zero attached hydrogens (tertiary/aromatic N) is 9. The lowest BCUT2D eigenvalue weighted by molar-refractivity contribution is 0.166. The van der Waals surface area contributed by atoms with Gasteiger partial charge in [-0.15, -0.1) is 34.0 Å². The Hall–Kier alpha value is -8.73. The summed E-state index contributed by atoms with van der Waals surface area (Å²) in [4.78, 5) is 62.8. The highest BCUT2D eigenvalue weighted by atomic mass is 35.5. The molecule has 15 rings (SSSR count). The zero-order valence-corrected chi connectivity index (χ0v) is 61.3. The molecule has 103 heavy (non-hydrogen) atoms. The van der Waals surface area contributed by atoms with Gasteiger partial charge in [-0.3, -0.25) is 37.9 Å². The fourth-order valence-corrected chi connectivity index (χ4v) is 15.9. The van der Waals surface area contributed by atoms with Gasteiger partial charge in [-0.25, -0.2) is 15.0 Å². The average molecular weight is 1510 g/mol. The van der Waals surface area contributed by atoms with Crippen molar-refractivity contribution in [3.63, 3.8) is 0 Å². The van der Waals surface area contributed by atoms with Crippen LogP contribution in [-0.4, -0.2) is 177 Å². The van der Waals surface area contributed by atoms with E-state index in [4.69, 9.17) is 63.2 Å². The Morgan fingerprint density at radius 2 is 0.699 bits per heavy atom. The molecule has 6 aromatic carbocycles. The lowest BCUT2D eigenvalue weighted by atomic mass is 10.2. The second kappa shape index (κ2) is 33.4. The topological polar surface area (TPSA) is 230 Å². The van der Waals surface area contributed by atoms with E-state index in [9.17, 15) is 29.7 Å². The third-order valence-electron chi connectivity index (χ3n) is 17.9. The van der Waals surface area contributed by atoms with Crippen LogP contribution < -0.4 is 45.1 Å². The van der Waals surface area contributed by atoms with Gasteiger partial charge in [0.05, 0.1) is 79.9 Å². The Labute approximate surface area is 620 Å². The van der Waals surface area contributed by atoms with Gasteiger partial charge in [0.2, 0.25) is 0 Å². The van der Waals surface area contributed by atoms with E-state index in [2.05, 4.69) is 29.7 Å². The van der Waals surface area contributed by atoms with Gasteiger partial charge in [0.25, 0.3) is 16.7 Å². The van der Waals surface area contributed by atoms with Crippen molar-refractivity contribution >= 4 is 99.5 Å². The Bertz CT molecular complexity index is 4920. The minimum absolute atomic E-state index is 0.135. The number of ether oxygens (including phenoxy) is 6. The summed E-state index contributed by atoms with van der Waals surface area (Å²) in [5.41, 5.74) is 6.49. The van der Waals surface area contributed by atoms with E-state index in [1.165, 1.54) is 60.4 Å². The summed E-state index contributed by atoms with van der Waals surface area (Å²) in [5.74, 6) is 3.47. The van der Waals surface area contributed by atoms with Gasteiger partial charge < -0.3 is 48.6 Å². The molecule has 3 atom stereocenters. The molecular formula is C76H74Cl3N9O12S3. The number of thiophene rings is 3. The molecule has 534 valence electrons. The van der Waals surface area contributed by atoms with Crippen LogP contribution in [0.25, 0.3) is 79.0 Å². The molecule has 3 N–H and O–H groups in total. The van der Waals surface area contributed by atoms with E-state index in [1.807, 2.05) is 115 Å². The first kappa shape index (κ1) is 72.6. The molecule has 3 aliphatic heterocycles. The number of fused-ring (bicyclic) bond motifs is 3. The first-order chi connectivity index (χ1) is 50.0. The first-order valence-electron chi connectivity index (χ1n) is 33.5. The molecule has 0 aliphatic carbocycles. The third kappa shape index (κ3) is 17.4. The summed E-state index contributed by atoms with van der Waals surface area (Å²) in [5, 5.41) is 31.0. The number of methoxy groups -OCH3 is 3. The molecule has 27 heteroatoms. The fraction of sp³-hybridized carbons (Fsp3) is 0.289. The number of hydrogen-bond acceptors (Lipinski definition) is 21. The average Bonchev–Trinajstić information content (AvgIpc) is 1.70. The molecule has 9 heterocycles. The summed E-state index contributed by atoms with van der Waals surface area (Å²) in [6, 6.07) is 44.6. The molecule has 21 nitrogen and oxygen atoms in total. The fourth-order valence-electron chi connectivity index (χ4n) is 12.4. The van der Waals surface area contributed by atoms with Crippen molar-refractivity contribution in [3.8, 4) is 82.9 Å². The van der Waals surface area contributed by atoms with Crippen LogP contribution in [0, 0.1) is 0 Å². The number of rotatable bonds is 22. The molecule has 0 saturated carbocycles. The zero-order chi connectivity index (χ0) is 71.7. The minimum Gasteiger partial charge on any atom is -0.493 e. The molecule has 3 aliphatic rings. The van der Waals surface area contributed by atoms with E-state index in [0.717, 1.165) is 103 Å². The molecule has 0 spiro atoms. The van der Waals surface area contributed by atoms with Crippen LogP contribution in [0.5, 0.6) is 34.5 Å². The van der Waals surface area contributed by atoms with Crippen LogP contribution in [0.3, 0.4) is 0 Å². The smallest absolute Gasteiger partial charge is 0.275 e. The van der Waals surface area contributed by atoms with Gasteiger partial charge in [-0.1, -0.05) is 71.2 Å². The Morgan fingerprint density at radius 3 is 0.990 bits per heavy atom. The maximum Gasteiger partial charge on any atom is 0.275 e. The van der Waals surface area contributed by atoms with Crippen LogP contribution in [0.2, 0.25) is 15.1 Å². The van der Waals surface area contributed by atoms with Gasteiger partial charge in [-0.05, 0) is 133 Å². The second-order valence-corrected chi connectivity index (χ2v) is 29.4. The highest BCUT2D eigenvalue weighted by Gasteiger charge is 2.24. The lowest BCUT2D eigenvalue weighted by Gasteiger charge is -2.17. The standard InChI is InChI=1S/C26H26ClN3O4S.2C25H24ClN3O4S/c1-33-23-13-19(7-8-22(23)34-12-2-10-29-11-9-20(31)15-29)30-16-28-21-14-24(35-25(21)26(30)32)17-3-5-18(27)6-4-17;2*1-32-22-12-18(6-7-21(22)33-11-10-28-9-8-19(30)14-28)29-15-27-20-13-23(34-24(20)25(29)31)16-2-4-17(26)5-3-16/h3-8,13-14,16,20,31H,2,9-12,15H2,1H3;2*2-7,12-13,15,19,30H,8-11,14H2,1H3/t20-;2*19-/m110/s1. The zero-order valence-electron chi connectivity index (χ0n) is 56.5. The SMILES string of the molecule is COc1cc(-n2cnc3cc(-c4ccc(Cl)cc4)sc3c2=O)ccc1OCCCN1CC[C@@H](O)C1.COc1cc(-n2cnc3cc(-c4ccc(Cl)cc4)sc3c2=O)ccc1OCCN1CC[C@@H](O)C1.COc1cc(-n2cnc3cc(-c4ccc(Cl)cc4)sc3c2=O)ccc1OCCN1CC[C@H](O)C1. The third-order valence-corrected chi connectivity index (χ3v) is 22.2. The molecule has 0 radical (unpaired) electrons. The summed E-state index contributed by atoms with van der Waals surface area (Å²) >= 11 is 22.2. The quantitative estimate of drug-likeness (QED) is 0.0536. The van der Waals surface area contributed by atoms with E-state index in [-0.39, 0.29) is 35.0 Å². The van der Waals surface area contributed by atoms with Crippen LogP contribution in [-0.2, 0) is 0 Å². The van der Waals surface area contributed by atoms with Crippen LogP contribution in [0.1, 0.15) is 25.7 Å². The highest BCUT2D eigenvalue weighted by Crippen LogP contribution is 2.38. The number of hydrogen-bond donors (Lipinski definition) is 3. The van der Waals surface area contributed by atoms with E-state index >= 15 is 0 Å². The molecule has 6 aromatic heterocycles. The van der Waals surface area contributed by atoms with Gasteiger partial charge in [0.1, 0.15) is 46.3 Å². The van der Waals surface area contributed by atoms with Crippen LogP contribution in [0.4, 0.5) is 0 Å².